The van der Waals surface area contributed by atoms with E-state index >= 15 is 0 Å². The maximum absolute atomic E-state index is 4.47. The fraction of sp³-hybridized carbons (Fsp3) is 0.526. The van der Waals surface area contributed by atoms with Crippen molar-refractivity contribution < 1.29 is 0 Å². The van der Waals surface area contributed by atoms with E-state index in [1.54, 1.807) is 6.20 Å². The summed E-state index contributed by atoms with van der Waals surface area (Å²) >= 11 is 0. The van der Waals surface area contributed by atoms with E-state index in [2.05, 4.69) is 82.7 Å². The molecule has 3 rings (SSSR count). The van der Waals surface area contributed by atoms with Crippen molar-refractivity contribution in [3.8, 4) is 0 Å². The zero-order chi connectivity index (χ0) is 17.9. The van der Waals surface area contributed by atoms with Crippen molar-refractivity contribution in [1.82, 2.24) is 15.2 Å². The second kappa shape index (κ2) is 7.25. The molecule has 1 aliphatic rings. The number of hydrogen-bond acceptors (Lipinski definition) is 6. The number of nitrogens with one attached hydrogen (secondary N) is 2. The van der Waals surface area contributed by atoms with Gasteiger partial charge in [0.2, 0.25) is 5.95 Å². The first-order valence-corrected chi connectivity index (χ1v) is 8.99. The van der Waals surface area contributed by atoms with E-state index in [-0.39, 0.29) is 5.54 Å². The van der Waals surface area contributed by atoms with E-state index in [0.717, 1.165) is 24.7 Å². The molecule has 134 valence electrons. The normalized spacial score (nSPS) is 15.9. The van der Waals surface area contributed by atoms with E-state index in [4.69, 9.17) is 0 Å². The fourth-order valence-corrected chi connectivity index (χ4v) is 2.95. The molecule has 0 radical (unpaired) electrons. The van der Waals surface area contributed by atoms with Crippen molar-refractivity contribution in [2.45, 2.75) is 46.1 Å². The number of rotatable bonds is 4. The molecule has 2 aromatic rings. The molecule has 0 spiro atoms. The molecule has 25 heavy (non-hydrogen) atoms. The second-order valence-electron chi connectivity index (χ2n) is 7.88. The molecule has 0 atom stereocenters. The van der Waals surface area contributed by atoms with Crippen LogP contribution in [0.15, 0.2) is 30.5 Å². The molecule has 6 nitrogen and oxygen atoms in total. The Hall–Kier alpha value is -2.37. The van der Waals surface area contributed by atoms with Gasteiger partial charge in [0.15, 0.2) is 5.82 Å². The Morgan fingerprint density at radius 2 is 1.76 bits per heavy atom. The highest BCUT2D eigenvalue weighted by atomic mass is 15.3. The Labute approximate surface area is 150 Å². The average Bonchev–Trinajstić information content (AvgIpc) is 2.55. The summed E-state index contributed by atoms with van der Waals surface area (Å²) in [7, 11) is 0. The van der Waals surface area contributed by atoms with Crippen LogP contribution in [-0.2, 0) is 0 Å². The summed E-state index contributed by atoms with van der Waals surface area (Å²) in [5.41, 5.74) is 2.17. The number of anilines is 4. The standard InChI is InChI=1S/C19H28N6/c1-14-9-11-25(12-10-14)16-7-5-15(6-8-16)21-18-22-17(13-20-24-18)23-19(2,3)4/h5-8,13-14H,9-12H2,1-4H3,(H2,21,22,23,24). The molecular formula is C19H28N6. The number of aromatic nitrogens is 3. The molecule has 1 saturated heterocycles. The van der Waals surface area contributed by atoms with E-state index < -0.39 is 0 Å². The van der Waals surface area contributed by atoms with Gasteiger partial charge in [-0.15, -0.1) is 5.10 Å². The summed E-state index contributed by atoms with van der Waals surface area (Å²) < 4.78 is 0. The van der Waals surface area contributed by atoms with Gasteiger partial charge in [-0.2, -0.15) is 10.1 Å². The highest BCUT2D eigenvalue weighted by Crippen LogP contribution is 2.25. The van der Waals surface area contributed by atoms with Crippen molar-refractivity contribution in [3.05, 3.63) is 30.5 Å². The van der Waals surface area contributed by atoms with Crippen LogP contribution in [0.25, 0.3) is 0 Å². The van der Waals surface area contributed by atoms with Crippen LogP contribution < -0.4 is 15.5 Å². The first-order chi connectivity index (χ1) is 11.9. The maximum atomic E-state index is 4.47. The summed E-state index contributed by atoms with van der Waals surface area (Å²) in [5.74, 6) is 2.05. The molecule has 0 amide bonds. The van der Waals surface area contributed by atoms with Crippen LogP contribution in [0.4, 0.5) is 23.1 Å². The Bertz CT molecular complexity index is 684. The van der Waals surface area contributed by atoms with Gasteiger partial charge in [-0.05, 0) is 63.8 Å². The smallest absolute Gasteiger partial charge is 0.249 e. The zero-order valence-corrected chi connectivity index (χ0v) is 15.6. The molecule has 1 aliphatic heterocycles. The van der Waals surface area contributed by atoms with Gasteiger partial charge in [0.05, 0.1) is 6.20 Å². The molecular weight excluding hydrogens is 312 g/mol. The molecule has 1 fully saturated rings. The van der Waals surface area contributed by atoms with Crippen LogP contribution in [0.3, 0.4) is 0 Å². The molecule has 0 bridgehead atoms. The minimum Gasteiger partial charge on any atom is -0.372 e. The number of piperidine rings is 1. The quantitative estimate of drug-likeness (QED) is 0.875. The van der Waals surface area contributed by atoms with Gasteiger partial charge in [-0.1, -0.05) is 6.92 Å². The maximum Gasteiger partial charge on any atom is 0.249 e. The summed E-state index contributed by atoms with van der Waals surface area (Å²) in [4.78, 5) is 6.92. The highest BCUT2D eigenvalue weighted by molar-refractivity contribution is 5.59. The molecule has 0 aliphatic carbocycles. The second-order valence-corrected chi connectivity index (χ2v) is 7.88. The first kappa shape index (κ1) is 17.5. The third kappa shape index (κ3) is 5.05. The number of hydrogen-bond donors (Lipinski definition) is 2. The molecule has 2 heterocycles. The lowest BCUT2D eigenvalue weighted by molar-refractivity contribution is 0.438. The SMILES string of the molecule is CC1CCN(c2ccc(Nc3nncc(NC(C)(C)C)n3)cc2)CC1. The predicted octanol–water partition coefficient (Wildman–Crippen LogP) is 4.06. The lowest BCUT2D eigenvalue weighted by Gasteiger charge is -2.32. The predicted molar refractivity (Wildman–Crippen MR) is 104 cm³/mol. The van der Waals surface area contributed by atoms with Crippen molar-refractivity contribution in [2.75, 3.05) is 28.6 Å². The van der Waals surface area contributed by atoms with Gasteiger partial charge in [0.25, 0.3) is 0 Å². The Morgan fingerprint density at radius 1 is 1.08 bits per heavy atom. The van der Waals surface area contributed by atoms with Gasteiger partial charge < -0.3 is 15.5 Å². The molecule has 6 heteroatoms. The van der Waals surface area contributed by atoms with Gasteiger partial charge >= 0.3 is 0 Å². The minimum atomic E-state index is -0.0686. The van der Waals surface area contributed by atoms with E-state index in [9.17, 15) is 0 Å². The van der Waals surface area contributed by atoms with E-state index in [0.29, 0.717) is 11.8 Å². The summed E-state index contributed by atoms with van der Waals surface area (Å²) in [5, 5.41) is 14.6. The summed E-state index contributed by atoms with van der Waals surface area (Å²) in [6.07, 6.45) is 4.18. The molecule has 1 aromatic heterocycles. The molecule has 2 N–H and O–H groups in total. The first-order valence-electron chi connectivity index (χ1n) is 8.99. The Kier molecular flexibility index (Phi) is 5.06. The van der Waals surface area contributed by atoms with E-state index in [1.807, 2.05) is 0 Å². The molecule has 1 aromatic carbocycles. The number of benzene rings is 1. The Balaban J connectivity index is 1.64. The van der Waals surface area contributed by atoms with Crippen LogP contribution in [0.1, 0.15) is 40.5 Å². The third-order valence-electron chi connectivity index (χ3n) is 4.33. The van der Waals surface area contributed by atoms with Crippen molar-refractivity contribution in [2.24, 2.45) is 5.92 Å². The lowest BCUT2D eigenvalue weighted by Crippen LogP contribution is -2.32. The van der Waals surface area contributed by atoms with Crippen molar-refractivity contribution in [1.29, 1.82) is 0 Å². The van der Waals surface area contributed by atoms with Crippen LogP contribution in [-0.4, -0.2) is 33.8 Å². The van der Waals surface area contributed by atoms with Gasteiger partial charge in [0, 0.05) is 30.0 Å². The van der Waals surface area contributed by atoms with Crippen LogP contribution in [0.5, 0.6) is 0 Å². The van der Waals surface area contributed by atoms with Crippen molar-refractivity contribution in [3.63, 3.8) is 0 Å². The topological polar surface area (TPSA) is 66.0 Å². The van der Waals surface area contributed by atoms with Crippen molar-refractivity contribution >= 4 is 23.1 Å². The van der Waals surface area contributed by atoms with Crippen LogP contribution >= 0.6 is 0 Å². The lowest BCUT2D eigenvalue weighted by atomic mass is 9.99. The molecule has 0 saturated carbocycles. The minimum absolute atomic E-state index is 0.0686. The van der Waals surface area contributed by atoms with E-state index in [1.165, 1.54) is 18.5 Å². The van der Waals surface area contributed by atoms with Gasteiger partial charge in [-0.3, -0.25) is 0 Å². The monoisotopic (exact) mass is 340 g/mol. The van der Waals surface area contributed by atoms with Gasteiger partial charge in [0.1, 0.15) is 0 Å². The van der Waals surface area contributed by atoms with Gasteiger partial charge in [-0.25, -0.2) is 0 Å². The highest BCUT2D eigenvalue weighted by Gasteiger charge is 2.16. The Morgan fingerprint density at radius 3 is 2.40 bits per heavy atom. The fourth-order valence-electron chi connectivity index (χ4n) is 2.95. The van der Waals surface area contributed by atoms with Crippen LogP contribution in [0, 0.1) is 5.92 Å². The summed E-state index contributed by atoms with van der Waals surface area (Å²) in [6.45, 7) is 10.9. The van der Waals surface area contributed by atoms with Crippen LogP contribution in [0.2, 0.25) is 0 Å². The largest absolute Gasteiger partial charge is 0.372 e. The summed E-state index contributed by atoms with van der Waals surface area (Å²) in [6, 6.07) is 8.45. The average molecular weight is 340 g/mol. The third-order valence-corrected chi connectivity index (χ3v) is 4.33. The zero-order valence-electron chi connectivity index (χ0n) is 15.6. The number of nitrogens with zero attached hydrogens (tertiary/aromatic N) is 4. The molecule has 0 unspecified atom stereocenters.